The van der Waals surface area contributed by atoms with E-state index in [4.69, 9.17) is 0 Å². The third kappa shape index (κ3) is 3.31. The number of anilines is 1. The Morgan fingerprint density at radius 3 is 2.41 bits per heavy atom. The van der Waals surface area contributed by atoms with E-state index in [1.807, 2.05) is 19.1 Å². The van der Waals surface area contributed by atoms with Crippen LogP contribution in [0, 0.1) is 0 Å². The number of aryl methyl sites for hydroxylation is 1. The molecule has 3 aromatic rings. The molecule has 0 fully saturated rings. The van der Waals surface area contributed by atoms with Gasteiger partial charge in [0.25, 0.3) is 10.0 Å². The molecule has 2 aromatic carbocycles. The molecule has 0 radical (unpaired) electrons. The van der Waals surface area contributed by atoms with E-state index < -0.39 is 27.0 Å². The Morgan fingerprint density at radius 2 is 1.81 bits per heavy atom. The van der Waals surface area contributed by atoms with Crippen LogP contribution in [-0.2, 0) is 16.4 Å². The second-order valence-corrected chi connectivity index (χ2v) is 7.99. The number of sulfonamides is 1. The summed E-state index contributed by atoms with van der Waals surface area (Å²) in [5.74, 6) is -1.63. The van der Waals surface area contributed by atoms with Crippen LogP contribution in [0.3, 0.4) is 0 Å². The van der Waals surface area contributed by atoms with Gasteiger partial charge in [-0.3, -0.25) is 9.10 Å². The fraction of sp³-hybridized carbons (Fsp3) is 0.158. The molecular weight excluding hydrogens is 368 g/mol. The van der Waals surface area contributed by atoms with Crippen molar-refractivity contribution in [2.75, 3.05) is 11.4 Å². The molecule has 140 valence electrons. The summed E-state index contributed by atoms with van der Waals surface area (Å²) >= 11 is 0. The van der Waals surface area contributed by atoms with Gasteiger partial charge in [-0.1, -0.05) is 19.1 Å². The van der Waals surface area contributed by atoms with Crippen LogP contribution in [0.15, 0.2) is 58.4 Å². The number of carboxylic acids is 1. The maximum absolute atomic E-state index is 12.9. The average Bonchev–Trinajstić information content (AvgIpc) is 2.67. The number of aromatic amines is 1. The van der Waals surface area contributed by atoms with Crippen LogP contribution < -0.4 is 14.8 Å². The standard InChI is InChI=1S/C19H18N2O5S/c1-3-12-4-6-13(7-5-12)21(2)27(25,26)14-8-9-17-15(10-14)18(22)16(11-20-17)19(23)24/h4-11H,3H2,1-2H3,(H,20,22)(H,23,24)/p-1. The van der Waals surface area contributed by atoms with Gasteiger partial charge >= 0.3 is 0 Å². The van der Waals surface area contributed by atoms with Crippen LogP contribution in [0.1, 0.15) is 22.8 Å². The maximum Gasteiger partial charge on any atom is 0.264 e. The third-order valence-corrected chi connectivity index (χ3v) is 6.22. The normalized spacial score (nSPS) is 11.5. The Hall–Kier alpha value is -3.13. The lowest BCUT2D eigenvalue weighted by atomic mass is 10.1. The lowest BCUT2D eigenvalue weighted by molar-refractivity contribution is -0.255. The van der Waals surface area contributed by atoms with Crippen molar-refractivity contribution in [2.45, 2.75) is 18.2 Å². The highest BCUT2D eigenvalue weighted by atomic mass is 32.2. The Morgan fingerprint density at radius 1 is 1.15 bits per heavy atom. The Balaban J connectivity index is 2.10. The van der Waals surface area contributed by atoms with Gasteiger partial charge in [0.05, 0.1) is 22.1 Å². The molecular formula is C19H17N2O5S-. The van der Waals surface area contributed by atoms with Crippen LogP contribution in [0.4, 0.5) is 5.69 Å². The van der Waals surface area contributed by atoms with Crippen molar-refractivity contribution >= 4 is 32.6 Å². The van der Waals surface area contributed by atoms with Crippen molar-refractivity contribution in [3.8, 4) is 0 Å². The highest BCUT2D eigenvalue weighted by Gasteiger charge is 2.22. The molecule has 8 heteroatoms. The highest BCUT2D eigenvalue weighted by Crippen LogP contribution is 2.24. The summed E-state index contributed by atoms with van der Waals surface area (Å²) in [6.45, 7) is 2.00. The summed E-state index contributed by atoms with van der Waals surface area (Å²) in [6, 6.07) is 11.1. The van der Waals surface area contributed by atoms with Crippen molar-refractivity contribution in [1.82, 2.24) is 4.98 Å². The van der Waals surface area contributed by atoms with Crippen LogP contribution in [0.5, 0.6) is 0 Å². The minimum atomic E-state index is -3.94. The lowest BCUT2D eigenvalue weighted by Crippen LogP contribution is -2.29. The topological polar surface area (TPSA) is 110 Å². The first kappa shape index (κ1) is 18.7. The molecule has 0 amide bonds. The molecule has 1 heterocycles. The number of fused-ring (bicyclic) bond motifs is 1. The maximum atomic E-state index is 12.9. The Labute approximate surface area is 155 Å². The molecule has 0 spiro atoms. The van der Waals surface area contributed by atoms with Crippen molar-refractivity contribution in [3.05, 3.63) is 70.0 Å². The van der Waals surface area contributed by atoms with E-state index in [0.29, 0.717) is 11.2 Å². The number of benzene rings is 2. The smallest absolute Gasteiger partial charge is 0.264 e. The number of carboxylic acid groups (broad SMARTS) is 1. The molecule has 0 atom stereocenters. The number of pyridine rings is 1. The summed E-state index contributed by atoms with van der Waals surface area (Å²) in [6.07, 6.45) is 1.88. The zero-order chi connectivity index (χ0) is 19.8. The first-order valence-electron chi connectivity index (χ1n) is 8.20. The third-order valence-electron chi connectivity index (χ3n) is 4.44. The van der Waals surface area contributed by atoms with Crippen molar-refractivity contribution in [1.29, 1.82) is 0 Å². The average molecular weight is 385 g/mol. The fourth-order valence-corrected chi connectivity index (χ4v) is 3.97. The molecule has 0 bridgehead atoms. The van der Waals surface area contributed by atoms with Crippen LogP contribution in [0.25, 0.3) is 10.9 Å². The van der Waals surface area contributed by atoms with Gasteiger partial charge < -0.3 is 14.9 Å². The zero-order valence-electron chi connectivity index (χ0n) is 14.7. The Bertz CT molecular complexity index is 1180. The minimum Gasteiger partial charge on any atom is -0.545 e. The molecule has 7 nitrogen and oxygen atoms in total. The van der Waals surface area contributed by atoms with Gasteiger partial charge in [0.1, 0.15) is 0 Å². The largest absolute Gasteiger partial charge is 0.545 e. The van der Waals surface area contributed by atoms with Gasteiger partial charge in [-0.05, 0) is 42.3 Å². The molecule has 0 aliphatic carbocycles. The van der Waals surface area contributed by atoms with Crippen molar-refractivity contribution in [3.63, 3.8) is 0 Å². The van der Waals surface area contributed by atoms with Crippen LogP contribution in [-0.4, -0.2) is 26.4 Å². The molecule has 0 saturated carbocycles. The molecule has 0 aliphatic rings. The highest BCUT2D eigenvalue weighted by molar-refractivity contribution is 7.92. The number of hydrogen-bond acceptors (Lipinski definition) is 5. The summed E-state index contributed by atoms with van der Waals surface area (Å²) in [5.41, 5.74) is 0.538. The predicted octanol–water partition coefficient (Wildman–Crippen LogP) is 1.28. The van der Waals surface area contributed by atoms with E-state index in [1.54, 1.807) is 12.1 Å². The van der Waals surface area contributed by atoms with Gasteiger partial charge in [-0.2, -0.15) is 0 Å². The minimum absolute atomic E-state index is 0.0347. The van der Waals surface area contributed by atoms with E-state index >= 15 is 0 Å². The quantitative estimate of drug-likeness (QED) is 0.711. The van der Waals surface area contributed by atoms with E-state index in [1.165, 1.54) is 25.2 Å². The second kappa shape index (κ2) is 6.88. The summed E-state index contributed by atoms with van der Waals surface area (Å²) in [7, 11) is -2.52. The monoisotopic (exact) mass is 385 g/mol. The number of rotatable bonds is 5. The SMILES string of the molecule is CCc1ccc(N(C)S(=O)(=O)c2ccc3[nH]cc(C(=O)[O-])c(=O)c3c2)cc1. The summed E-state index contributed by atoms with van der Waals surface area (Å²) < 4.78 is 27.0. The summed E-state index contributed by atoms with van der Waals surface area (Å²) in [4.78, 5) is 25.9. The number of H-pyrrole nitrogens is 1. The number of nitrogens with one attached hydrogen (secondary N) is 1. The molecule has 27 heavy (non-hydrogen) atoms. The molecule has 0 aliphatic heterocycles. The van der Waals surface area contributed by atoms with E-state index in [9.17, 15) is 23.1 Å². The molecule has 1 N–H and O–H groups in total. The fourth-order valence-electron chi connectivity index (χ4n) is 2.75. The number of nitrogens with zero attached hydrogens (tertiary/aromatic N) is 1. The van der Waals surface area contributed by atoms with E-state index in [0.717, 1.165) is 22.5 Å². The van der Waals surface area contributed by atoms with Crippen molar-refractivity contribution in [2.24, 2.45) is 0 Å². The predicted molar refractivity (Wildman–Crippen MR) is 100 cm³/mol. The van der Waals surface area contributed by atoms with Gasteiger partial charge in [0, 0.05) is 24.1 Å². The molecule has 0 saturated heterocycles. The van der Waals surface area contributed by atoms with Gasteiger partial charge in [0.2, 0.25) is 0 Å². The van der Waals surface area contributed by atoms with Gasteiger partial charge in [-0.15, -0.1) is 0 Å². The Kier molecular flexibility index (Phi) is 4.75. The number of carbonyl (C=O) groups is 1. The second-order valence-electron chi connectivity index (χ2n) is 6.02. The number of aromatic nitrogens is 1. The molecule has 1 aromatic heterocycles. The zero-order valence-corrected chi connectivity index (χ0v) is 15.5. The number of carbonyl (C=O) groups excluding carboxylic acids is 1. The number of aromatic carboxylic acids is 1. The molecule has 0 unspecified atom stereocenters. The van der Waals surface area contributed by atoms with Gasteiger partial charge in [0.15, 0.2) is 5.43 Å². The first-order chi connectivity index (χ1) is 12.8. The first-order valence-corrected chi connectivity index (χ1v) is 9.64. The van der Waals surface area contributed by atoms with Gasteiger partial charge in [-0.25, -0.2) is 8.42 Å². The van der Waals surface area contributed by atoms with Crippen LogP contribution >= 0.6 is 0 Å². The number of hydrogen-bond donors (Lipinski definition) is 1. The van der Waals surface area contributed by atoms with Crippen molar-refractivity contribution < 1.29 is 18.3 Å². The van der Waals surface area contributed by atoms with E-state index in [-0.39, 0.29) is 10.3 Å². The summed E-state index contributed by atoms with van der Waals surface area (Å²) in [5, 5.41) is 11.0. The van der Waals surface area contributed by atoms with E-state index in [2.05, 4.69) is 4.98 Å². The lowest BCUT2D eigenvalue weighted by Gasteiger charge is -2.20. The molecule has 3 rings (SSSR count). The van der Waals surface area contributed by atoms with Crippen LogP contribution in [0.2, 0.25) is 0 Å².